The van der Waals surface area contributed by atoms with Crippen molar-refractivity contribution < 1.29 is 9.47 Å². The van der Waals surface area contributed by atoms with Crippen molar-refractivity contribution in [2.24, 2.45) is 5.92 Å². The minimum atomic E-state index is 0.763. The minimum absolute atomic E-state index is 0.763. The van der Waals surface area contributed by atoms with E-state index >= 15 is 0 Å². The zero-order valence-electron chi connectivity index (χ0n) is 10.1. The van der Waals surface area contributed by atoms with Crippen molar-refractivity contribution >= 4 is 0 Å². The van der Waals surface area contributed by atoms with E-state index in [-0.39, 0.29) is 0 Å². The number of benzene rings is 1. The number of hydrogen-bond donors (Lipinski definition) is 1. The molecular formula is C14H19NO2. The van der Waals surface area contributed by atoms with Crippen LogP contribution in [0.3, 0.4) is 0 Å². The van der Waals surface area contributed by atoms with Crippen molar-refractivity contribution in [1.29, 1.82) is 0 Å². The van der Waals surface area contributed by atoms with Crippen LogP contribution in [0.2, 0.25) is 0 Å². The molecule has 0 aromatic heterocycles. The number of ether oxygens (including phenoxy) is 2. The topological polar surface area (TPSA) is 30.5 Å². The quantitative estimate of drug-likeness (QED) is 0.847. The lowest BCUT2D eigenvalue weighted by Crippen LogP contribution is -2.10. The molecule has 0 radical (unpaired) electrons. The molecule has 17 heavy (non-hydrogen) atoms. The molecule has 3 nitrogen and oxygen atoms in total. The fourth-order valence-electron chi connectivity index (χ4n) is 2.56. The molecule has 2 aliphatic rings. The maximum Gasteiger partial charge on any atom is 0.161 e. The predicted octanol–water partition coefficient (Wildman–Crippen LogP) is 2.00. The first-order chi connectivity index (χ1) is 8.42. The summed E-state index contributed by atoms with van der Waals surface area (Å²) in [7, 11) is 0. The van der Waals surface area contributed by atoms with E-state index in [1.54, 1.807) is 0 Å². The van der Waals surface area contributed by atoms with Gasteiger partial charge in [-0.2, -0.15) is 0 Å². The Morgan fingerprint density at radius 2 is 2.06 bits per heavy atom. The van der Waals surface area contributed by atoms with Gasteiger partial charge in [0.15, 0.2) is 11.5 Å². The summed E-state index contributed by atoms with van der Waals surface area (Å²) < 4.78 is 11.3. The van der Waals surface area contributed by atoms with Crippen LogP contribution < -0.4 is 14.8 Å². The van der Waals surface area contributed by atoms with Crippen molar-refractivity contribution in [1.82, 2.24) is 5.32 Å². The number of fused-ring (bicyclic) bond motifs is 1. The van der Waals surface area contributed by atoms with Crippen LogP contribution in [0, 0.1) is 5.92 Å². The van der Waals surface area contributed by atoms with Gasteiger partial charge in [0.25, 0.3) is 0 Å². The highest BCUT2D eigenvalue weighted by molar-refractivity contribution is 5.43. The van der Waals surface area contributed by atoms with Crippen LogP contribution in [0.1, 0.15) is 18.4 Å². The molecule has 0 bridgehead atoms. The highest BCUT2D eigenvalue weighted by Crippen LogP contribution is 2.31. The molecule has 2 aliphatic heterocycles. The molecule has 0 spiro atoms. The van der Waals surface area contributed by atoms with Crippen LogP contribution >= 0.6 is 0 Å². The Morgan fingerprint density at radius 1 is 1.18 bits per heavy atom. The third-order valence-electron chi connectivity index (χ3n) is 3.50. The summed E-state index contributed by atoms with van der Waals surface area (Å²) in [5.74, 6) is 2.60. The van der Waals surface area contributed by atoms with E-state index < -0.39 is 0 Å². The standard InChI is InChI=1S/C14H19NO2/c1-6-16-13-3-2-11(9-14(13)17-7-1)8-12-4-5-15-10-12/h2-3,9,12,15H,1,4-8,10H2. The summed E-state index contributed by atoms with van der Waals surface area (Å²) in [5, 5.41) is 3.41. The van der Waals surface area contributed by atoms with Gasteiger partial charge >= 0.3 is 0 Å². The smallest absolute Gasteiger partial charge is 0.161 e. The van der Waals surface area contributed by atoms with E-state index in [0.717, 1.165) is 56.6 Å². The van der Waals surface area contributed by atoms with E-state index in [2.05, 4.69) is 23.5 Å². The summed E-state index contributed by atoms with van der Waals surface area (Å²) in [4.78, 5) is 0. The van der Waals surface area contributed by atoms with Gasteiger partial charge in [0.05, 0.1) is 13.2 Å². The predicted molar refractivity (Wildman–Crippen MR) is 66.7 cm³/mol. The maximum absolute atomic E-state index is 5.71. The largest absolute Gasteiger partial charge is 0.490 e. The first-order valence-electron chi connectivity index (χ1n) is 6.51. The Morgan fingerprint density at radius 3 is 2.88 bits per heavy atom. The first kappa shape index (κ1) is 10.9. The molecule has 1 aromatic carbocycles. The fraction of sp³-hybridized carbons (Fsp3) is 0.571. The van der Waals surface area contributed by atoms with Crippen LogP contribution in [0.4, 0.5) is 0 Å². The molecule has 1 N–H and O–H groups in total. The lowest BCUT2D eigenvalue weighted by molar-refractivity contribution is 0.297. The van der Waals surface area contributed by atoms with Gasteiger partial charge in [-0.1, -0.05) is 6.07 Å². The second kappa shape index (κ2) is 4.96. The van der Waals surface area contributed by atoms with Gasteiger partial charge in [-0.25, -0.2) is 0 Å². The Kier molecular flexibility index (Phi) is 3.18. The summed E-state index contributed by atoms with van der Waals surface area (Å²) in [5.41, 5.74) is 1.36. The van der Waals surface area contributed by atoms with Gasteiger partial charge in [-0.05, 0) is 49.5 Å². The molecule has 1 atom stereocenters. The fourth-order valence-corrected chi connectivity index (χ4v) is 2.56. The van der Waals surface area contributed by atoms with Crippen molar-refractivity contribution in [2.75, 3.05) is 26.3 Å². The van der Waals surface area contributed by atoms with Gasteiger partial charge in [0, 0.05) is 6.42 Å². The molecule has 0 saturated carbocycles. The molecule has 0 amide bonds. The normalized spacial score (nSPS) is 23.4. The van der Waals surface area contributed by atoms with Crippen LogP contribution in [0.15, 0.2) is 18.2 Å². The van der Waals surface area contributed by atoms with E-state index in [1.807, 2.05) is 0 Å². The van der Waals surface area contributed by atoms with Crippen molar-refractivity contribution in [3.05, 3.63) is 23.8 Å². The lowest BCUT2D eigenvalue weighted by atomic mass is 9.98. The second-order valence-electron chi connectivity index (χ2n) is 4.89. The molecule has 3 rings (SSSR count). The van der Waals surface area contributed by atoms with E-state index in [9.17, 15) is 0 Å². The summed E-state index contributed by atoms with van der Waals surface area (Å²) in [6, 6.07) is 6.38. The monoisotopic (exact) mass is 233 g/mol. The SMILES string of the molecule is c1cc2c(cc1CC1CCNC1)OCCCO2. The Bertz CT molecular complexity index is 386. The molecular weight excluding hydrogens is 214 g/mol. The molecule has 1 saturated heterocycles. The minimum Gasteiger partial charge on any atom is -0.490 e. The van der Waals surface area contributed by atoms with E-state index in [4.69, 9.17) is 9.47 Å². The summed E-state index contributed by atoms with van der Waals surface area (Å²) in [6.45, 7) is 3.84. The van der Waals surface area contributed by atoms with Gasteiger partial charge in [0.1, 0.15) is 0 Å². The third-order valence-corrected chi connectivity index (χ3v) is 3.50. The Labute approximate surface area is 102 Å². The zero-order chi connectivity index (χ0) is 11.5. The van der Waals surface area contributed by atoms with E-state index in [0.29, 0.717) is 0 Å². The highest BCUT2D eigenvalue weighted by Gasteiger charge is 2.16. The second-order valence-corrected chi connectivity index (χ2v) is 4.89. The maximum atomic E-state index is 5.71. The van der Waals surface area contributed by atoms with Crippen molar-refractivity contribution in [3.63, 3.8) is 0 Å². The van der Waals surface area contributed by atoms with Crippen molar-refractivity contribution in [3.8, 4) is 11.5 Å². The summed E-state index contributed by atoms with van der Waals surface area (Å²) in [6.07, 6.45) is 3.40. The van der Waals surface area contributed by atoms with Crippen LogP contribution in [-0.4, -0.2) is 26.3 Å². The zero-order valence-corrected chi connectivity index (χ0v) is 10.1. The van der Waals surface area contributed by atoms with Crippen LogP contribution in [-0.2, 0) is 6.42 Å². The number of hydrogen-bond acceptors (Lipinski definition) is 3. The number of rotatable bonds is 2. The van der Waals surface area contributed by atoms with Gasteiger partial charge in [-0.15, -0.1) is 0 Å². The van der Waals surface area contributed by atoms with Gasteiger partial charge in [0.2, 0.25) is 0 Å². The third kappa shape index (κ3) is 2.55. The Hall–Kier alpha value is -1.22. The van der Waals surface area contributed by atoms with Crippen molar-refractivity contribution in [2.45, 2.75) is 19.3 Å². The van der Waals surface area contributed by atoms with Gasteiger partial charge in [-0.3, -0.25) is 0 Å². The molecule has 1 fully saturated rings. The highest BCUT2D eigenvalue weighted by atomic mass is 16.5. The van der Waals surface area contributed by atoms with Crippen LogP contribution in [0.25, 0.3) is 0 Å². The molecule has 1 unspecified atom stereocenters. The lowest BCUT2D eigenvalue weighted by Gasteiger charge is -2.12. The molecule has 1 aromatic rings. The molecule has 2 heterocycles. The van der Waals surface area contributed by atoms with E-state index in [1.165, 1.54) is 12.0 Å². The average Bonchev–Trinajstić information content (AvgIpc) is 2.73. The summed E-state index contributed by atoms with van der Waals surface area (Å²) >= 11 is 0. The molecule has 0 aliphatic carbocycles. The average molecular weight is 233 g/mol. The first-order valence-corrected chi connectivity index (χ1v) is 6.51. The Balaban J connectivity index is 1.74. The molecule has 3 heteroatoms. The van der Waals surface area contributed by atoms with Crippen LogP contribution in [0.5, 0.6) is 11.5 Å². The molecule has 92 valence electrons. The van der Waals surface area contributed by atoms with Gasteiger partial charge < -0.3 is 14.8 Å². The number of nitrogens with one attached hydrogen (secondary N) is 1.